The van der Waals surface area contributed by atoms with Crippen molar-refractivity contribution in [1.82, 2.24) is 4.31 Å². The smallest absolute Gasteiger partial charge is 0.256 e. The van der Waals surface area contributed by atoms with E-state index >= 15 is 0 Å². The predicted octanol–water partition coefficient (Wildman–Crippen LogP) is 2.06. The number of anilines is 1. The molecule has 0 unspecified atom stereocenters. The second kappa shape index (κ2) is 8.84. The molecule has 1 aliphatic rings. The third-order valence-electron chi connectivity index (χ3n) is 4.91. The summed E-state index contributed by atoms with van der Waals surface area (Å²) in [5.41, 5.74) is 0.891. The van der Waals surface area contributed by atoms with Gasteiger partial charge in [0.2, 0.25) is 10.0 Å². The van der Waals surface area contributed by atoms with E-state index in [1.165, 1.54) is 35.5 Å². The number of amides is 1. The second-order valence-electron chi connectivity index (χ2n) is 6.85. The fourth-order valence-corrected chi connectivity index (χ4v) is 5.61. The summed E-state index contributed by atoms with van der Waals surface area (Å²) in [6.45, 7) is 4.36. The molecule has 1 amide bonds. The first-order valence-electron chi connectivity index (χ1n) is 9.48. The number of sulfone groups is 1. The van der Waals surface area contributed by atoms with Crippen LogP contribution in [0.4, 0.5) is 5.69 Å². The molecule has 0 radical (unpaired) electrons. The molecule has 2 aromatic rings. The predicted molar refractivity (Wildman–Crippen MR) is 113 cm³/mol. The quantitative estimate of drug-likeness (QED) is 0.718. The molecule has 0 aromatic heterocycles. The molecule has 0 saturated carbocycles. The van der Waals surface area contributed by atoms with Crippen molar-refractivity contribution >= 4 is 31.5 Å². The van der Waals surface area contributed by atoms with E-state index in [9.17, 15) is 21.6 Å². The van der Waals surface area contributed by atoms with Gasteiger partial charge in [0, 0.05) is 18.7 Å². The molecular formula is C20H24N2O6S2. The number of aryl methyl sites for hydroxylation is 1. The van der Waals surface area contributed by atoms with E-state index in [1.54, 1.807) is 25.1 Å². The number of carbonyl (C=O) groups is 1. The van der Waals surface area contributed by atoms with Gasteiger partial charge in [0.05, 0.1) is 34.4 Å². The summed E-state index contributed by atoms with van der Waals surface area (Å²) >= 11 is 0. The van der Waals surface area contributed by atoms with Crippen LogP contribution in [-0.4, -0.2) is 59.1 Å². The van der Waals surface area contributed by atoms with Crippen molar-refractivity contribution in [1.29, 1.82) is 0 Å². The lowest BCUT2D eigenvalue weighted by Gasteiger charge is -2.26. The number of ether oxygens (including phenoxy) is 1. The SMILES string of the molecule is CCS(=O)(=O)c1ccccc1NC(=O)c1cc(S(=O)(=O)N2CCOCC2)ccc1C. The third-order valence-corrected chi connectivity index (χ3v) is 8.59. The van der Waals surface area contributed by atoms with E-state index in [2.05, 4.69) is 5.32 Å². The van der Waals surface area contributed by atoms with Crippen molar-refractivity contribution in [2.24, 2.45) is 0 Å². The average molecular weight is 453 g/mol. The van der Waals surface area contributed by atoms with Crippen LogP contribution in [0.2, 0.25) is 0 Å². The normalized spacial score (nSPS) is 15.7. The Morgan fingerprint density at radius 2 is 1.73 bits per heavy atom. The summed E-state index contributed by atoms with van der Waals surface area (Å²) < 4.78 is 57.0. The number of nitrogens with zero attached hydrogens (tertiary/aromatic N) is 1. The fourth-order valence-electron chi connectivity index (χ4n) is 3.13. The maximum atomic E-state index is 12.9. The number of hydrogen-bond acceptors (Lipinski definition) is 6. The van der Waals surface area contributed by atoms with Crippen molar-refractivity contribution in [3.05, 3.63) is 53.6 Å². The van der Waals surface area contributed by atoms with Gasteiger partial charge in [-0.15, -0.1) is 0 Å². The van der Waals surface area contributed by atoms with Crippen LogP contribution in [0.5, 0.6) is 0 Å². The Hall–Kier alpha value is -2.27. The Kier molecular flexibility index (Phi) is 6.61. The van der Waals surface area contributed by atoms with E-state index in [4.69, 9.17) is 4.74 Å². The molecule has 0 bridgehead atoms. The van der Waals surface area contributed by atoms with Gasteiger partial charge in [0.15, 0.2) is 9.84 Å². The maximum absolute atomic E-state index is 12.9. The number of carbonyl (C=O) groups excluding carboxylic acids is 1. The van der Waals surface area contributed by atoms with Gasteiger partial charge >= 0.3 is 0 Å². The first-order valence-corrected chi connectivity index (χ1v) is 12.6. The number of morpholine rings is 1. The van der Waals surface area contributed by atoms with Gasteiger partial charge in [-0.3, -0.25) is 4.79 Å². The molecule has 0 atom stereocenters. The van der Waals surface area contributed by atoms with Crippen LogP contribution in [0.1, 0.15) is 22.8 Å². The average Bonchev–Trinajstić information content (AvgIpc) is 2.74. The number of benzene rings is 2. The van der Waals surface area contributed by atoms with Crippen LogP contribution < -0.4 is 5.32 Å². The van der Waals surface area contributed by atoms with Crippen LogP contribution in [0.3, 0.4) is 0 Å². The molecule has 162 valence electrons. The minimum absolute atomic E-state index is 0.00890. The van der Waals surface area contributed by atoms with Crippen LogP contribution in [0, 0.1) is 6.92 Å². The van der Waals surface area contributed by atoms with E-state index in [0.29, 0.717) is 18.8 Å². The highest BCUT2D eigenvalue weighted by Gasteiger charge is 2.27. The molecule has 1 aliphatic heterocycles. The molecule has 3 rings (SSSR count). The second-order valence-corrected chi connectivity index (χ2v) is 11.0. The van der Waals surface area contributed by atoms with Gasteiger partial charge in [-0.1, -0.05) is 25.1 Å². The Balaban J connectivity index is 1.94. The summed E-state index contributed by atoms with van der Waals surface area (Å²) in [5, 5.41) is 2.62. The minimum atomic E-state index is -3.77. The highest BCUT2D eigenvalue weighted by Crippen LogP contribution is 2.25. The first-order chi connectivity index (χ1) is 14.2. The molecule has 8 nitrogen and oxygen atoms in total. The van der Waals surface area contributed by atoms with Crippen LogP contribution >= 0.6 is 0 Å². The third kappa shape index (κ3) is 4.56. The lowest BCUT2D eigenvalue weighted by atomic mass is 10.1. The first kappa shape index (κ1) is 22.4. The van der Waals surface area contributed by atoms with Crippen LogP contribution in [-0.2, 0) is 24.6 Å². The van der Waals surface area contributed by atoms with Gasteiger partial charge in [-0.25, -0.2) is 16.8 Å². The molecule has 1 N–H and O–H groups in total. The van der Waals surface area contributed by atoms with Gasteiger partial charge in [-0.05, 0) is 36.8 Å². The lowest BCUT2D eigenvalue weighted by molar-refractivity contribution is 0.0730. The summed E-state index contributed by atoms with van der Waals surface area (Å²) in [7, 11) is -7.31. The topological polar surface area (TPSA) is 110 Å². The van der Waals surface area contributed by atoms with E-state index in [-0.39, 0.29) is 39.9 Å². The number of sulfonamides is 1. The Morgan fingerprint density at radius 1 is 1.07 bits per heavy atom. The van der Waals surface area contributed by atoms with Crippen molar-refractivity contribution in [2.45, 2.75) is 23.6 Å². The number of rotatable bonds is 6. The lowest BCUT2D eigenvalue weighted by Crippen LogP contribution is -2.40. The van der Waals surface area contributed by atoms with Gasteiger partial charge < -0.3 is 10.1 Å². The zero-order valence-electron chi connectivity index (χ0n) is 16.8. The van der Waals surface area contributed by atoms with Gasteiger partial charge in [0.1, 0.15) is 0 Å². The van der Waals surface area contributed by atoms with E-state index in [0.717, 1.165) is 0 Å². The van der Waals surface area contributed by atoms with E-state index < -0.39 is 25.8 Å². The summed E-state index contributed by atoms with van der Waals surface area (Å²) in [5.74, 6) is -0.683. The molecule has 1 fully saturated rings. The molecule has 0 spiro atoms. The largest absolute Gasteiger partial charge is 0.379 e. The number of nitrogens with one attached hydrogen (secondary N) is 1. The zero-order valence-corrected chi connectivity index (χ0v) is 18.4. The van der Waals surface area contributed by atoms with Crippen LogP contribution in [0.15, 0.2) is 52.3 Å². The van der Waals surface area contributed by atoms with Crippen molar-refractivity contribution < 1.29 is 26.4 Å². The molecule has 1 saturated heterocycles. The summed E-state index contributed by atoms with van der Waals surface area (Å²) in [6.07, 6.45) is 0. The highest BCUT2D eigenvalue weighted by molar-refractivity contribution is 7.91. The molecule has 30 heavy (non-hydrogen) atoms. The number of para-hydroxylation sites is 1. The molecular weight excluding hydrogens is 428 g/mol. The number of hydrogen-bond donors (Lipinski definition) is 1. The molecule has 0 aliphatic carbocycles. The van der Waals surface area contributed by atoms with Crippen molar-refractivity contribution in [2.75, 3.05) is 37.4 Å². The molecule has 1 heterocycles. The van der Waals surface area contributed by atoms with Crippen molar-refractivity contribution in [3.8, 4) is 0 Å². The van der Waals surface area contributed by atoms with Gasteiger partial charge in [0.25, 0.3) is 5.91 Å². The zero-order chi connectivity index (χ0) is 21.9. The van der Waals surface area contributed by atoms with E-state index in [1.807, 2.05) is 0 Å². The highest BCUT2D eigenvalue weighted by atomic mass is 32.2. The van der Waals surface area contributed by atoms with Gasteiger partial charge in [-0.2, -0.15) is 4.31 Å². The Labute approximate surface area is 176 Å². The monoisotopic (exact) mass is 452 g/mol. The summed E-state index contributed by atoms with van der Waals surface area (Å²) in [4.78, 5) is 13.0. The molecule has 2 aromatic carbocycles. The van der Waals surface area contributed by atoms with Crippen LogP contribution in [0.25, 0.3) is 0 Å². The fraction of sp³-hybridized carbons (Fsp3) is 0.350. The Bertz CT molecular complexity index is 1150. The van der Waals surface area contributed by atoms with Crippen molar-refractivity contribution in [3.63, 3.8) is 0 Å². The maximum Gasteiger partial charge on any atom is 0.256 e. The minimum Gasteiger partial charge on any atom is -0.379 e. The molecule has 10 heteroatoms. The summed E-state index contributed by atoms with van der Waals surface area (Å²) in [6, 6.07) is 10.5. The standard InChI is InChI=1S/C20H24N2O6S2/c1-3-29(24,25)19-7-5-4-6-18(19)21-20(23)17-14-16(9-8-15(17)2)30(26,27)22-10-12-28-13-11-22/h4-9,14H,3,10-13H2,1-2H3,(H,21,23). The Morgan fingerprint density at radius 3 is 2.40 bits per heavy atom.